The van der Waals surface area contributed by atoms with Gasteiger partial charge in [-0.3, -0.25) is 14.7 Å². The second kappa shape index (κ2) is 8.20. The molecule has 1 unspecified atom stereocenters. The highest BCUT2D eigenvalue weighted by atomic mass is 32.2. The molecule has 1 aromatic heterocycles. The monoisotopic (exact) mass is 426 g/mol. The number of rotatable bonds is 4. The molecule has 0 spiro atoms. The Hall–Kier alpha value is -3.71. The highest BCUT2D eigenvalue weighted by Gasteiger charge is 2.33. The Labute approximate surface area is 183 Å². The lowest BCUT2D eigenvalue weighted by molar-refractivity contribution is -0.115. The number of hydrogen-bond donors (Lipinski definition) is 1. The van der Waals surface area contributed by atoms with Crippen LogP contribution in [0.2, 0.25) is 0 Å². The molecule has 0 saturated carbocycles. The molecule has 31 heavy (non-hydrogen) atoms. The number of thioether (sulfide) groups is 1. The summed E-state index contributed by atoms with van der Waals surface area (Å²) in [5, 5.41) is 19.4. The maximum absolute atomic E-state index is 12.6. The van der Waals surface area contributed by atoms with Gasteiger partial charge in [-0.2, -0.15) is 5.11 Å². The Morgan fingerprint density at radius 2 is 1.84 bits per heavy atom. The minimum absolute atomic E-state index is 0.0620. The van der Waals surface area contributed by atoms with Crippen LogP contribution in [-0.2, 0) is 4.79 Å². The summed E-state index contributed by atoms with van der Waals surface area (Å²) in [7, 11) is 0. The van der Waals surface area contributed by atoms with Gasteiger partial charge < -0.3 is 5.11 Å². The molecule has 3 aromatic carbocycles. The van der Waals surface area contributed by atoms with Crippen LogP contribution in [0.1, 0.15) is 10.9 Å². The van der Waals surface area contributed by atoms with Gasteiger partial charge in [0.1, 0.15) is 16.6 Å². The average molecular weight is 427 g/mol. The molecule has 0 bridgehead atoms. The third-order valence-electron chi connectivity index (χ3n) is 5.06. The molecule has 5 rings (SSSR count). The van der Waals surface area contributed by atoms with Crippen molar-refractivity contribution in [3.63, 3.8) is 0 Å². The molecule has 1 aliphatic rings. The first-order valence-corrected chi connectivity index (χ1v) is 10.8. The summed E-state index contributed by atoms with van der Waals surface area (Å²) in [5.41, 5.74) is 3.62. The summed E-state index contributed by atoms with van der Waals surface area (Å²) in [6.07, 6.45) is 1.63. The smallest absolute Gasteiger partial charge is 0.238 e. The molecule has 152 valence electrons. The number of aromatic nitrogens is 1. The molecule has 6 nitrogen and oxygen atoms in total. The lowest BCUT2D eigenvalue weighted by Crippen LogP contribution is -2.27. The van der Waals surface area contributed by atoms with Crippen molar-refractivity contribution in [2.45, 2.75) is 5.37 Å². The van der Waals surface area contributed by atoms with Crippen molar-refractivity contribution in [1.82, 2.24) is 4.98 Å². The fourth-order valence-electron chi connectivity index (χ4n) is 3.61. The third kappa shape index (κ3) is 3.75. The minimum Gasteiger partial charge on any atom is -0.506 e. The predicted octanol–water partition coefficient (Wildman–Crippen LogP) is 6.13. The van der Waals surface area contributed by atoms with E-state index in [2.05, 4.69) is 15.2 Å². The van der Waals surface area contributed by atoms with Crippen molar-refractivity contribution < 1.29 is 9.90 Å². The van der Waals surface area contributed by atoms with Crippen LogP contribution >= 0.6 is 11.8 Å². The Morgan fingerprint density at radius 3 is 2.71 bits per heavy atom. The Bertz CT molecular complexity index is 1290. The van der Waals surface area contributed by atoms with Gasteiger partial charge in [0, 0.05) is 17.3 Å². The van der Waals surface area contributed by atoms with Gasteiger partial charge in [-0.05, 0) is 48.0 Å². The molecule has 1 saturated heterocycles. The van der Waals surface area contributed by atoms with Crippen LogP contribution in [0.25, 0.3) is 10.9 Å². The molecule has 1 aliphatic heterocycles. The van der Waals surface area contributed by atoms with E-state index in [9.17, 15) is 9.90 Å². The molecular formula is C24H18N4O2S. The molecule has 7 heteroatoms. The molecule has 0 aliphatic carbocycles. The van der Waals surface area contributed by atoms with Crippen LogP contribution in [0.5, 0.6) is 5.75 Å². The van der Waals surface area contributed by atoms with E-state index >= 15 is 0 Å². The summed E-state index contributed by atoms with van der Waals surface area (Å²) in [4.78, 5) is 18.7. The van der Waals surface area contributed by atoms with Crippen molar-refractivity contribution in [3.8, 4) is 5.75 Å². The lowest BCUT2D eigenvalue weighted by atomic mass is 10.1. The number of fused-ring (bicyclic) bond motifs is 1. The maximum atomic E-state index is 12.6. The first-order chi connectivity index (χ1) is 15.2. The average Bonchev–Trinajstić information content (AvgIpc) is 3.21. The molecule has 1 N–H and O–H groups in total. The van der Waals surface area contributed by atoms with Gasteiger partial charge in [0.25, 0.3) is 0 Å². The zero-order valence-electron chi connectivity index (χ0n) is 16.4. The van der Waals surface area contributed by atoms with E-state index in [1.807, 2.05) is 65.6 Å². The number of amides is 1. The number of phenols is 1. The zero-order valence-corrected chi connectivity index (χ0v) is 17.2. The predicted molar refractivity (Wildman–Crippen MR) is 123 cm³/mol. The van der Waals surface area contributed by atoms with Crippen molar-refractivity contribution in [2.24, 2.45) is 10.2 Å². The highest BCUT2D eigenvalue weighted by Crippen LogP contribution is 2.42. The minimum atomic E-state index is -0.0620. The number of benzene rings is 3. The summed E-state index contributed by atoms with van der Waals surface area (Å²) in [6.45, 7) is 0. The van der Waals surface area contributed by atoms with E-state index in [-0.39, 0.29) is 17.0 Å². The number of carbonyl (C=O) groups is 1. The molecule has 1 atom stereocenters. The van der Waals surface area contributed by atoms with Crippen molar-refractivity contribution in [2.75, 3.05) is 10.7 Å². The molecule has 1 fully saturated rings. The normalized spacial score (nSPS) is 16.5. The van der Waals surface area contributed by atoms with Gasteiger partial charge in [-0.25, -0.2) is 0 Å². The van der Waals surface area contributed by atoms with Gasteiger partial charge in [0.05, 0.1) is 17.1 Å². The standard InChI is InChI=1S/C24H18N4O2S/c29-21-12-11-20(19-10-5-13-25-23(19)21)27-26-17-8-4-9-18(14-17)28-22(30)15-31-24(28)16-6-2-1-3-7-16/h1-14,24,29H,15H2. The molecule has 1 amide bonds. The number of anilines is 1. The van der Waals surface area contributed by atoms with E-state index in [0.29, 0.717) is 22.6 Å². The number of aromatic hydroxyl groups is 1. The van der Waals surface area contributed by atoms with Gasteiger partial charge in [0.2, 0.25) is 5.91 Å². The van der Waals surface area contributed by atoms with Gasteiger partial charge >= 0.3 is 0 Å². The fourth-order valence-corrected chi connectivity index (χ4v) is 4.79. The van der Waals surface area contributed by atoms with Crippen LogP contribution < -0.4 is 4.90 Å². The van der Waals surface area contributed by atoms with Gasteiger partial charge in [-0.1, -0.05) is 36.4 Å². The van der Waals surface area contributed by atoms with Crippen LogP contribution in [0, 0.1) is 0 Å². The first kappa shape index (κ1) is 19.3. The quantitative estimate of drug-likeness (QED) is 0.398. The summed E-state index contributed by atoms with van der Waals surface area (Å²) in [6, 6.07) is 24.4. The van der Waals surface area contributed by atoms with Crippen molar-refractivity contribution >= 4 is 45.6 Å². The molecular weight excluding hydrogens is 408 g/mol. The lowest BCUT2D eigenvalue weighted by Gasteiger charge is -2.24. The Morgan fingerprint density at radius 1 is 0.968 bits per heavy atom. The van der Waals surface area contributed by atoms with Crippen LogP contribution in [0.3, 0.4) is 0 Å². The number of azo groups is 1. The first-order valence-electron chi connectivity index (χ1n) is 9.78. The Kier molecular flexibility index (Phi) is 5.09. The van der Waals surface area contributed by atoms with Crippen molar-refractivity contribution in [1.29, 1.82) is 0 Å². The van der Waals surface area contributed by atoms with E-state index in [0.717, 1.165) is 16.6 Å². The number of carbonyl (C=O) groups excluding carboxylic acids is 1. The van der Waals surface area contributed by atoms with Crippen LogP contribution in [-0.4, -0.2) is 21.8 Å². The summed E-state index contributed by atoms with van der Waals surface area (Å²) >= 11 is 1.62. The maximum Gasteiger partial charge on any atom is 0.238 e. The number of nitrogens with zero attached hydrogens (tertiary/aromatic N) is 4. The van der Waals surface area contributed by atoms with Crippen LogP contribution in [0.4, 0.5) is 17.1 Å². The third-order valence-corrected chi connectivity index (χ3v) is 6.27. The van der Waals surface area contributed by atoms with E-state index in [1.165, 1.54) is 0 Å². The summed E-state index contributed by atoms with van der Waals surface area (Å²) in [5.74, 6) is 0.620. The van der Waals surface area contributed by atoms with Gasteiger partial charge in [-0.15, -0.1) is 16.9 Å². The molecule has 2 heterocycles. The van der Waals surface area contributed by atoms with Gasteiger partial charge in [0.15, 0.2) is 0 Å². The topological polar surface area (TPSA) is 78.2 Å². The van der Waals surface area contributed by atoms with E-state index in [1.54, 1.807) is 36.2 Å². The second-order valence-electron chi connectivity index (χ2n) is 7.06. The fraction of sp³-hybridized carbons (Fsp3) is 0.0833. The zero-order chi connectivity index (χ0) is 21.2. The number of pyridine rings is 1. The Balaban J connectivity index is 1.47. The van der Waals surface area contributed by atoms with Crippen LogP contribution in [0.15, 0.2) is 95.3 Å². The second-order valence-corrected chi connectivity index (χ2v) is 8.13. The number of hydrogen-bond acceptors (Lipinski definition) is 6. The van der Waals surface area contributed by atoms with Crippen molar-refractivity contribution in [3.05, 3.63) is 90.6 Å². The number of phenolic OH excluding ortho intramolecular Hbond substituents is 1. The highest BCUT2D eigenvalue weighted by molar-refractivity contribution is 8.00. The summed E-state index contributed by atoms with van der Waals surface area (Å²) < 4.78 is 0. The largest absolute Gasteiger partial charge is 0.506 e. The molecule has 0 radical (unpaired) electrons. The SMILES string of the molecule is O=C1CSC(c2ccccc2)N1c1cccc(N=Nc2ccc(O)c3ncccc23)c1. The van der Waals surface area contributed by atoms with E-state index < -0.39 is 0 Å². The molecule has 4 aromatic rings. The van der Waals surface area contributed by atoms with E-state index in [4.69, 9.17) is 0 Å².